The number of para-hydroxylation sites is 1. The maximum absolute atomic E-state index is 6.42. The summed E-state index contributed by atoms with van der Waals surface area (Å²) in [6, 6.07) is 96.0. The molecule has 0 fully saturated rings. The smallest absolute Gasteiger partial charge is 0.131 e. The molecule has 0 heterocycles. The molecular formula is C73H73N5. The van der Waals surface area contributed by atoms with Gasteiger partial charge in [-0.3, -0.25) is 0 Å². The van der Waals surface area contributed by atoms with Crippen molar-refractivity contribution in [2.45, 2.75) is 53.0 Å². The van der Waals surface area contributed by atoms with Crippen LogP contribution in [-0.4, -0.2) is 5.84 Å². The van der Waals surface area contributed by atoms with Gasteiger partial charge in [-0.15, -0.1) is 0 Å². The number of benzene rings is 10. The average Bonchev–Trinajstić information content (AvgIpc) is 3.54. The maximum Gasteiger partial charge on any atom is 0.131 e. The summed E-state index contributed by atoms with van der Waals surface area (Å²) in [7, 11) is 0. The monoisotopic (exact) mass is 1020 g/mol. The Balaban J connectivity index is 0.000000209. The topological polar surface area (TPSA) is 93.7 Å². The second-order valence-corrected chi connectivity index (χ2v) is 18.9. The fraction of sp³-hybridized carbons (Fsp3) is 0.110. The molecule has 10 rings (SSSR count). The van der Waals surface area contributed by atoms with Crippen molar-refractivity contribution in [1.82, 2.24) is 0 Å². The summed E-state index contributed by atoms with van der Waals surface area (Å²) in [4.78, 5) is 7.13. The van der Waals surface area contributed by atoms with E-state index in [4.69, 9.17) is 22.2 Å². The van der Waals surface area contributed by atoms with Crippen molar-refractivity contribution in [1.29, 1.82) is 0 Å². The fourth-order valence-electron chi connectivity index (χ4n) is 8.47. The first-order valence-electron chi connectivity index (χ1n) is 26.9. The quantitative estimate of drug-likeness (QED) is 0.0704. The third-order valence-corrected chi connectivity index (χ3v) is 12.9. The van der Waals surface area contributed by atoms with Gasteiger partial charge in [0.15, 0.2) is 0 Å². The lowest BCUT2D eigenvalue weighted by atomic mass is 10.0. The fourth-order valence-corrected chi connectivity index (χ4v) is 8.47. The van der Waals surface area contributed by atoms with Gasteiger partial charge in [-0.05, 0) is 114 Å². The van der Waals surface area contributed by atoms with Crippen LogP contribution >= 0.6 is 0 Å². The van der Waals surface area contributed by atoms with Gasteiger partial charge in [0.2, 0.25) is 0 Å². The van der Waals surface area contributed by atoms with Crippen molar-refractivity contribution in [2.24, 2.45) is 22.2 Å². The van der Waals surface area contributed by atoms with Gasteiger partial charge in [-0.1, -0.05) is 279 Å². The summed E-state index contributed by atoms with van der Waals surface area (Å²) >= 11 is 0. The van der Waals surface area contributed by atoms with Gasteiger partial charge >= 0.3 is 0 Å². The first kappa shape index (κ1) is 56.4. The molecule has 0 saturated heterocycles. The van der Waals surface area contributed by atoms with Crippen LogP contribution in [0.4, 0.5) is 17.1 Å². The highest BCUT2D eigenvalue weighted by Gasteiger charge is 2.13. The number of nitrogens with two attached hydrogens (primary N) is 3. The normalized spacial score (nSPS) is 11.2. The van der Waals surface area contributed by atoms with Crippen LogP contribution in [0.2, 0.25) is 0 Å². The molecule has 0 bridgehead atoms. The van der Waals surface area contributed by atoms with Crippen LogP contribution in [0.15, 0.2) is 296 Å². The van der Waals surface area contributed by atoms with Gasteiger partial charge in [0.1, 0.15) is 5.84 Å². The summed E-state index contributed by atoms with van der Waals surface area (Å²) in [5.74, 6) is 0.503. The molecule has 0 saturated carbocycles. The van der Waals surface area contributed by atoms with E-state index in [9.17, 15) is 0 Å². The first-order valence-corrected chi connectivity index (χ1v) is 26.9. The van der Waals surface area contributed by atoms with E-state index in [1.165, 1.54) is 50.9 Å². The van der Waals surface area contributed by atoms with Crippen LogP contribution < -0.4 is 22.1 Å². The Morgan fingerprint density at radius 3 is 1.27 bits per heavy atom. The molecule has 0 unspecified atom stereocenters. The molecule has 6 N–H and O–H groups in total. The molecule has 0 amide bonds. The number of amidine groups is 1. The highest BCUT2D eigenvalue weighted by Crippen LogP contribution is 2.36. The van der Waals surface area contributed by atoms with Gasteiger partial charge in [-0.2, -0.15) is 0 Å². The van der Waals surface area contributed by atoms with Gasteiger partial charge in [0.25, 0.3) is 0 Å². The third-order valence-electron chi connectivity index (χ3n) is 12.9. The van der Waals surface area contributed by atoms with E-state index in [-0.39, 0.29) is 0 Å². The SMILES string of the molecule is CCCc1ccc(/C(N)=C/Cc2ccccc2)cc1.Cc1ccc(-c2ccc(N(c3ccccc3)c3ccc(C/C=C(\N=C(N)c4ccccc4)c4ccccc4)cc3)cc2)cc1.Cc1ccccc1.NCc1ccccc1. The van der Waals surface area contributed by atoms with Crippen molar-refractivity contribution in [3.63, 3.8) is 0 Å². The lowest BCUT2D eigenvalue weighted by Crippen LogP contribution is -2.13. The molecular weight excluding hydrogens is 947 g/mol. The number of aryl methyl sites for hydroxylation is 3. The van der Waals surface area contributed by atoms with Crippen LogP contribution in [0.25, 0.3) is 22.5 Å². The molecule has 0 spiro atoms. The average molecular weight is 1020 g/mol. The van der Waals surface area contributed by atoms with Crippen molar-refractivity contribution in [3.05, 3.63) is 341 Å². The molecule has 0 aromatic heterocycles. The first-order chi connectivity index (χ1) is 38.3. The molecule has 0 aliphatic rings. The lowest BCUT2D eigenvalue weighted by Gasteiger charge is -2.26. The Labute approximate surface area is 464 Å². The van der Waals surface area contributed by atoms with Crippen LogP contribution in [0.5, 0.6) is 0 Å². The summed E-state index contributed by atoms with van der Waals surface area (Å²) in [6.45, 7) is 7.03. The van der Waals surface area contributed by atoms with Crippen molar-refractivity contribution >= 4 is 34.3 Å². The molecule has 390 valence electrons. The van der Waals surface area contributed by atoms with Crippen molar-refractivity contribution in [2.75, 3.05) is 4.90 Å². The zero-order chi connectivity index (χ0) is 54.6. The van der Waals surface area contributed by atoms with Crippen LogP contribution in [0.3, 0.4) is 0 Å². The third kappa shape index (κ3) is 18.2. The molecule has 0 atom stereocenters. The molecule has 0 aliphatic carbocycles. The van der Waals surface area contributed by atoms with E-state index in [0.717, 1.165) is 64.4 Å². The standard InChI is InChI=1S/C41H35N3.C18H21N.C7H9N.C7H8/c1-31-17-22-33(23-18-31)34-24-28-39(29-25-34)44(37-15-9-4-10-16-37)38-26-19-32(20-27-38)21-30-40(35-11-5-2-6-12-35)43-41(42)36-13-7-3-8-14-36;1-2-6-15-9-12-17(13-10-15)18(19)14-11-16-7-4-3-5-8-16;8-6-7-4-2-1-3-5-7;1-7-5-3-2-4-6-7/h2-20,22-30H,21H2,1H3,(H2,42,43);3-5,7-10,12-14H,2,6,11,19H2,1H3;1-5H,6,8H2;2-6H,1H3/b40-30-;18-14-;;. The Morgan fingerprint density at radius 1 is 0.385 bits per heavy atom. The highest BCUT2D eigenvalue weighted by molar-refractivity contribution is 6.00. The predicted molar refractivity (Wildman–Crippen MR) is 335 cm³/mol. The van der Waals surface area contributed by atoms with Gasteiger partial charge in [-0.25, -0.2) is 4.99 Å². The summed E-state index contributed by atoms with van der Waals surface area (Å²) < 4.78 is 0. The molecule has 0 aliphatic heterocycles. The molecule has 10 aromatic rings. The molecule has 78 heavy (non-hydrogen) atoms. The predicted octanol–water partition coefficient (Wildman–Crippen LogP) is 17.4. The van der Waals surface area contributed by atoms with Crippen LogP contribution in [0.1, 0.15) is 63.4 Å². The summed E-state index contributed by atoms with van der Waals surface area (Å²) in [6.07, 6.45) is 8.16. The lowest BCUT2D eigenvalue weighted by molar-refractivity contribution is 0.921. The highest BCUT2D eigenvalue weighted by atomic mass is 15.1. The molecule has 5 nitrogen and oxygen atoms in total. The van der Waals surface area contributed by atoms with Crippen molar-refractivity contribution < 1.29 is 0 Å². The largest absolute Gasteiger partial charge is 0.398 e. The van der Waals surface area contributed by atoms with Crippen LogP contribution in [-0.2, 0) is 25.8 Å². The van der Waals surface area contributed by atoms with E-state index in [2.05, 4.69) is 214 Å². The zero-order valence-corrected chi connectivity index (χ0v) is 45.4. The van der Waals surface area contributed by atoms with E-state index in [1.807, 2.05) is 103 Å². The number of hydrogen-bond acceptors (Lipinski definition) is 4. The number of allylic oxidation sites excluding steroid dienone is 2. The Hall–Kier alpha value is -9.29. The minimum Gasteiger partial charge on any atom is -0.398 e. The number of rotatable bonds is 15. The van der Waals surface area contributed by atoms with Crippen LogP contribution in [0, 0.1) is 13.8 Å². The zero-order valence-electron chi connectivity index (χ0n) is 45.4. The number of nitrogens with zero attached hydrogens (tertiary/aromatic N) is 2. The molecule has 0 radical (unpaired) electrons. The number of aliphatic imine (C=N–C) groups is 1. The van der Waals surface area contributed by atoms with E-state index in [1.54, 1.807) is 0 Å². The van der Waals surface area contributed by atoms with Crippen molar-refractivity contribution in [3.8, 4) is 11.1 Å². The number of anilines is 3. The Bertz CT molecular complexity index is 3340. The van der Waals surface area contributed by atoms with Gasteiger partial charge < -0.3 is 22.1 Å². The van der Waals surface area contributed by atoms with E-state index in [0.29, 0.717) is 12.4 Å². The van der Waals surface area contributed by atoms with Gasteiger partial charge in [0.05, 0.1) is 5.70 Å². The summed E-state index contributed by atoms with van der Waals surface area (Å²) in [5, 5.41) is 0. The Kier molecular flexibility index (Phi) is 22.4. The van der Waals surface area contributed by atoms with E-state index >= 15 is 0 Å². The molecule has 5 heteroatoms. The minimum atomic E-state index is 0.503. The molecule has 10 aromatic carbocycles. The second kappa shape index (κ2) is 30.9. The van der Waals surface area contributed by atoms with E-state index < -0.39 is 0 Å². The summed E-state index contributed by atoms with van der Waals surface area (Å²) in [5.41, 5.74) is 36.0. The maximum atomic E-state index is 6.42. The number of hydrogen-bond donors (Lipinski definition) is 3. The second-order valence-electron chi connectivity index (χ2n) is 18.9. The minimum absolute atomic E-state index is 0.503. The Morgan fingerprint density at radius 2 is 0.782 bits per heavy atom. The van der Waals surface area contributed by atoms with Gasteiger partial charge in [0, 0.05) is 34.9 Å².